The number of nitrogens with zero attached hydrogens (tertiary/aromatic N) is 1. The Bertz CT molecular complexity index is 1010. The van der Waals surface area contributed by atoms with Crippen LogP contribution in [0.1, 0.15) is 11.3 Å². The average molecular weight is 341 g/mol. The van der Waals surface area contributed by atoms with Crippen molar-refractivity contribution in [3.05, 3.63) is 59.9 Å². The largest absolute Gasteiger partial charge is 0.461 e. The summed E-state index contributed by atoms with van der Waals surface area (Å²) in [6.07, 6.45) is 1.39. The van der Waals surface area contributed by atoms with Crippen LogP contribution in [0.25, 0.3) is 22.1 Å². The fraction of sp³-hybridized carbons (Fsp3) is 0.167. The molecule has 0 amide bonds. The molecule has 2 aromatic carbocycles. The molecule has 0 saturated heterocycles. The van der Waals surface area contributed by atoms with E-state index in [0.717, 1.165) is 28.4 Å². The molecule has 0 aliphatic carbocycles. The minimum atomic E-state index is -3.45. The number of furan rings is 1. The summed E-state index contributed by atoms with van der Waals surface area (Å²) < 4.78 is 32.5. The molecule has 0 saturated carbocycles. The van der Waals surface area contributed by atoms with Crippen LogP contribution in [-0.4, -0.2) is 21.3 Å². The van der Waals surface area contributed by atoms with Gasteiger partial charge in [-0.3, -0.25) is 4.18 Å². The van der Waals surface area contributed by atoms with Gasteiger partial charge >= 0.3 is 0 Å². The average Bonchev–Trinajstić information content (AvgIpc) is 2.96. The molecule has 6 heteroatoms. The van der Waals surface area contributed by atoms with Gasteiger partial charge in [0.05, 0.1) is 24.5 Å². The number of nitriles is 1. The number of hydrogen-bond donors (Lipinski definition) is 0. The van der Waals surface area contributed by atoms with E-state index in [-0.39, 0.29) is 6.61 Å². The van der Waals surface area contributed by atoms with Crippen LogP contribution in [0.4, 0.5) is 0 Å². The minimum Gasteiger partial charge on any atom is -0.461 e. The molecule has 0 aliphatic rings. The summed E-state index contributed by atoms with van der Waals surface area (Å²) in [5.41, 5.74) is 3.32. The van der Waals surface area contributed by atoms with Crippen LogP contribution in [0.5, 0.6) is 0 Å². The van der Waals surface area contributed by atoms with Gasteiger partial charge < -0.3 is 4.42 Å². The summed E-state index contributed by atoms with van der Waals surface area (Å²) in [6.45, 7) is 0.0465. The summed E-state index contributed by atoms with van der Waals surface area (Å²) in [6, 6.07) is 17.1. The lowest BCUT2D eigenvalue weighted by Crippen LogP contribution is -2.05. The molecule has 1 aromatic heterocycles. The zero-order chi connectivity index (χ0) is 17.2. The van der Waals surface area contributed by atoms with E-state index in [1.807, 2.05) is 36.4 Å². The highest BCUT2D eigenvalue weighted by atomic mass is 32.2. The summed E-state index contributed by atoms with van der Waals surface area (Å²) in [5.74, 6) is 0.662. The first-order valence-corrected chi connectivity index (χ1v) is 9.14. The predicted octanol–water partition coefficient (Wildman–Crippen LogP) is 3.49. The minimum absolute atomic E-state index is 0.0465. The Labute approximate surface area is 140 Å². The molecule has 1 heterocycles. The quantitative estimate of drug-likeness (QED) is 0.664. The van der Waals surface area contributed by atoms with Crippen LogP contribution in [0.3, 0.4) is 0 Å². The van der Waals surface area contributed by atoms with E-state index in [1.165, 1.54) is 0 Å². The standard InChI is InChI=1S/C18H15NO4S/c1-24(20,21)22-10-9-15-11-17-16(3-2-4-18(17)23-15)14-7-5-13(12-19)6-8-14/h2-8,11H,9-10H2,1H3. The van der Waals surface area contributed by atoms with Gasteiger partial charge in [0.15, 0.2) is 0 Å². The van der Waals surface area contributed by atoms with E-state index in [9.17, 15) is 8.42 Å². The van der Waals surface area contributed by atoms with Gasteiger partial charge in [0.2, 0.25) is 0 Å². The maximum Gasteiger partial charge on any atom is 0.264 e. The summed E-state index contributed by atoms with van der Waals surface area (Å²) in [7, 11) is -3.45. The van der Waals surface area contributed by atoms with Crippen molar-refractivity contribution in [2.24, 2.45) is 0 Å². The fourth-order valence-corrected chi connectivity index (χ4v) is 2.89. The van der Waals surface area contributed by atoms with Crippen LogP contribution in [0, 0.1) is 11.3 Å². The summed E-state index contributed by atoms with van der Waals surface area (Å²) >= 11 is 0. The molecule has 5 nitrogen and oxygen atoms in total. The Morgan fingerprint density at radius 3 is 2.58 bits per heavy atom. The van der Waals surface area contributed by atoms with E-state index < -0.39 is 10.1 Å². The van der Waals surface area contributed by atoms with E-state index in [1.54, 1.807) is 12.1 Å². The van der Waals surface area contributed by atoms with Crippen LogP contribution in [-0.2, 0) is 20.7 Å². The first kappa shape index (κ1) is 16.2. The third kappa shape index (κ3) is 3.65. The molecular formula is C18H15NO4S. The molecule has 0 aliphatic heterocycles. The molecular weight excluding hydrogens is 326 g/mol. The van der Waals surface area contributed by atoms with Gasteiger partial charge in [-0.2, -0.15) is 13.7 Å². The lowest BCUT2D eigenvalue weighted by atomic mass is 10.0. The molecule has 0 radical (unpaired) electrons. The highest BCUT2D eigenvalue weighted by molar-refractivity contribution is 7.85. The van der Waals surface area contributed by atoms with Crippen LogP contribution < -0.4 is 0 Å². The second kappa shape index (κ2) is 6.48. The van der Waals surface area contributed by atoms with Crippen LogP contribution >= 0.6 is 0 Å². The highest BCUT2D eigenvalue weighted by Crippen LogP contribution is 2.31. The first-order valence-electron chi connectivity index (χ1n) is 7.33. The van der Waals surface area contributed by atoms with Gasteiger partial charge in [0.1, 0.15) is 11.3 Å². The maximum atomic E-state index is 11.0. The Kier molecular flexibility index (Phi) is 4.38. The number of rotatable bonds is 5. The monoisotopic (exact) mass is 341 g/mol. The lowest BCUT2D eigenvalue weighted by molar-refractivity contribution is 0.316. The zero-order valence-corrected chi connectivity index (χ0v) is 13.8. The summed E-state index contributed by atoms with van der Waals surface area (Å²) in [4.78, 5) is 0. The van der Waals surface area contributed by atoms with Crippen LogP contribution in [0.2, 0.25) is 0 Å². The SMILES string of the molecule is CS(=O)(=O)OCCc1cc2c(-c3ccc(C#N)cc3)cccc2o1. The van der Waals surface area contributed by atoms with E-state index in [0.29, 0.717) is 17.7 Å². The van der Waals surface area contributed by atoms with Gasteiger partial charge in [-0.25, -0.2) is 0 Å². The molecule has 0 fully saturated rings. The summed E-state index contributed by atoms with van der Waals surface area (Å²) in [5, 5.41) is 9.84. The maximum absolute atomic E-state index is 11.0. The van der Waals surface area contributed by atoms with E-state index >= 15 is 0 Å². The second-order valence-electron chi connectivity index (χ2n) is 5.40. The van der Waals surface area contributed by atoms with E-state index in [4.69, 9.17) is 13.9 Å². The molecule has 0 atom stereocenters. The lowest BCUT2D eigenvalue weighted by Gasteiger charge is -2.02. The normalized spacial score (nSPS) is 11.5. The second-order valence-corrected chi connectivity index (χ2v) is 7.04. The topological polar surface area (TPSA) is 80.3 Å². The van der Waals surface area contributed by atoms with Crippen molar-refractivity contribution in [1.82, 2.24) is 0 Å². The predicted molar refractivity (Wildman–Crippen MR) is 90.9 cm³/mol. The van der Waals surface area contributed by atoms with E-state index in [2.05, 4.69) is 6.07 Å². The van der Waals surface area contributed by atoms with Crippen molar-refractivity contribution in [3.8, 4) is 17.2 Å². The van der Waals surface area contributed by atoms with Gasteiger partial charge in [-0.1, -0.05) is 24.3 Å². The Morgan fingerprint density at radius 1 is 1.17 bits per heavy atom. The van der Waals surface area contributed by atoms with Crippen molar-refractivity contribution >= 4 is 21.1 Å². The van der Waals surface area contributed by atoms with Crippen LogP contribution in [0.15, 0.2) is 52.9 Å². The van der Waals surface area contributed by atoms with Crippen molar-refractivity contribution < 1.29 is 17.0 Å². The molecule has 0 spiro atoms. The molecule has 3 aromatic rings. The van der Waals surface area contributed by atoms with Crippen molar-refractivity contribution in [2.75, 3.05) is 12.9 Å². The Balaban J connectivity index is 1.91. The van der Waals surface area contributed by atoms with Gasteiger partial charge in [-0.05, 0) is 35.4 Å². The Hall–Kier alpha value is -2.62. The molecule has 0 unspecified atom stereocenters. The third-order valence-corrected chi connectivity index (χ3v) is 4.18. The highest BCUT2D eigenvalue weighted by Gasteiger charge is 2.10. The van der Waals surface area contributed by atoms with Crippen molar-refractivity contribution in [2.45, 2.75) is 6.42 Å². The zero-order valence-electron chi connectivity index (χ0n) is 13.0. The molecule has 0 bridgehead atoms. The Morgan fingerprint density at radius 2 is 1.92 bits per heavy atom. The number of benzene rings is 2. The molecule has 122 valence electrons. The fourth-order valence-electron chi connectivity index (χ4n) is 2.51. The van der Waals surface area contributed by atoms with Gasteiger partial charge in [0, 0.05) is 11.8 Å². The number of fused-ring (bicyclic) bond motifs is 1. The van der Waals surface area contributed by atoms with Crippen molar-refractivity contribution in [3.63, 3.8) is 0 Å². The molecule has 3 rings (SSSR count). The van der Waals surface area contributed by atoms with Crippen molar-refractivity contribution in [1.29, 1.82) is 5.26 Å². The molecule has 24 heavy (non-hydrogen) atoms. The number of hydrogen-bond acceptors (Lipinski definition) is 5. The smallest absolute Gasteiger partial charge is 0.264 e. The van der Waals surface area contributed by atoms with Gasteiger partial charge in [-0.15, -0.1) is 0 Å². The van der Waals surface area contributed by atoms with Gasteiger partial charge in [0.25, 0.3) is 10.1 Å². The molecule has 0 N–H and O–H groups in total. The third-order valence-electron chi connectivity index (χ3n) is 3.58. The first-order chi connectivity index (χ1) is 11.5.